The number of nitrogens with zero attached hydrogens (tertiary/aromatic N) is 1. The number of rotatable bonds is 3. The summed E-state index contributed by atoms with van der Waals surface area (Å²) in [5.41, 5.74) is 0.251. The van der Waals surface area contributed by atoms with Crippen molar-refractivity contribution in [2.45, 2.75) is 63.8 Å². The van der Waals surface area contributed by atoms with Crippen molar-refractivity contribution in [3.8, 4) is 0 Å². The molecule has 2 bridgehead atoms. The van der Waals surface area contributed by atoms with E-state index in [1.807, 2.05) is 0 Å². The summed E-state index contributed by atoms with van der Waals surface area (Å²) in [6.45, 7) is 2.93. The van der Waals surface area contributed by atoms with Gasteiger partial charge < -0.3 is 5.11 Å². The first-order valence-electron chi connectivity index (χ1n) is 7.66. The van der Waals surface area contributed by atoms with Crippen molar-refractivity contribution in [1.82, 2.24) is 4.90 Å². The summed E-state index contributed by atoms with van der Waals surface area (Å²) < 4.78 is 0. The minimum atomic E-state index is 0.251. The maximum atomic E-state index is 9.87. The number of aliphatic hydroxyl groups excluding tert-OH is 1. The van der Waals surface area contributed by atoms with E-state index in [0.717, 1.165) is 12.0 Å². The van der Waals surface area contributed by atoms with Gasteiger partial charge in [-0.15, -0.1) is 0 Å². The monoisotopic (exact) mass is 237 g/mol. The maximum absolute atomic E-state index is 9.87. The van der Waals surface area contributed by atoms with Gasteiger partial charge in [-0.25, -0.2) is 0 Å². The number of piperidine rings is 1. The Bertz CT molecular complexity index is 258. The Balaban J connectivity index is 1.64. The van der Waals surface area contributed by atoms with E-state index in [2.05, 4.69) is 4.90 Å². The smallest absolute Gasteiger partial charge is 0.0499 e. The zero-order valence-electron chi connectivity index (χ0n) is 11.0. The van der Waals surface area contributed by atoms with Crippen LogP contribution in [0.2, 0.25) is 0 Å². The van der Waals surface area contributed by atoms with Gasteiger partial charge in [-0.05, 0) is 38.0 Å². The molecule has 1 heterocycles. The van der Waals surface area contributed by atoms with Crippen LogP contribution in [0.15, 0.2) is 0 Å². The van der Waals surface area contributed by atoms with Crippen molar-refractivity contribution in [3.05, 3.63) is 0 Å². The van der Waals surface area contributed by atoms with E-state index in [9.17, 15) is 5.11 Å². The van der Waals surface area contributed by atoms with Gasteiger partial charge >= 0.3 is 0 Å². The van der Waals surface area contributed by atoms with Crippen molar-refractivity contribution >= 4 is 0 Å². The molecule has 1 N–H and O–H groups in total. The fourth-order valence-electron chi connectivity index (χ4n) is 4.50. The Kier molecular flexibility index (Phi) is 3.45. The Morgan fingerprint density at radius 2 is 1.82 bits per heavy atom. The molecule has 0 aromatic heterocycles. The third-order valence-corrected chi connectivity index (χ3v) is 5.56. The fraction of sp³-hybridized carbons (Fsp3) is 1.00. The van der Waals surface area contributed by atoms with E-state index < -0.39 is 0 Å². The second-order valence-electron chi connectivity index (χ2n) is 6.83. The Hall–Kier alpha value is -0.0800. The molecule has 3 rings (SSSR count). The van der Waals surface area contributed by atoms with Gasteiger partial charge in [0.05, 0.1) is 0 Å². The molecule has 2 heteroatoms. The lowest BCUT2D eigenvalue weighted by molar-refractivity contribution is 0.0471. The summed E-state index contributed by atoms with van der Waals surface area (Å²) >= 11 is 0. The van der Waals surface area contributed by atoms with Crippen LogP contribution < -0.4 is 0 Å². The molecule has 1 aliphatic heterocycles. The molecule has 2 nitrogen and oxygen atoms in total. The molecule has 2 unspecified atom stereocenters. The zero-order chi connectivity index (χ0) is 11.7. The molecule has 17 heavy (non-hydrogen) atoms. The summed E-state index contributed by atoms with van der Waals surface area (Å²) in [5, 5.41) is 9.87. The van der Waals surface area contributed by atoms with E-state index in [1.54, 1.807) is 0 Å². The van der Waals surface area contributed by atoms with Gasteiger partial charge in [0, 0.05) is 31.2 Å². The molecule has 2 atom stereocenters. The SMILES string of the molecule is OCC1(CN2CC3CCC2C3)CCCCCC1. The van der Waals surface area contributed by atoms with Crippen LogP contribution in [0.5, 0.6) is 0 Å². The van der Waals surface area contributed by atoms with Gasteiger partial charge in [0.25, 0.3) is 0 Å². The fourth-order valence-corrected chi connectivity index (χ4v) is 4.50. The van der Waals surface area contributed by atoms with Crippen molar-refractivity contribution in [1.29, 1.82) is 0 Å². The van der Waals surface area contributed by atoms with Crippen molar-refractivity contribution < 1.29 is 5.11 Å². The third-order valence-electron chi connectivity index (χ3n) is 5.56. The van der Waals surface area contributed by atoms with Gasteiger partial charge in [0.1, 0.15) is 0 Å². The molecule has 0 radical (unpaired) electrons. The maximum Gasteiger partial charge on any atom is 0.0499 e. The summed E-state index contributed by atoms with van der Waals surface area (Å²) in [5.74, 6) is 0.988. The average Bonchev–Trinajstić information content (AvgIpc) is 2.87. The molecule has 3 aliphatic rings. The minimum Gasteiger partial charge on any atom is -0.396 e. The lowest BCUT2D eigenvalue weighted by Gasteiger charge is -2.38. The standard InChI is InChI=1S/C15H27NO/c17-12-15(7-3-1-2-4-8-15)11-16-10-13-5-6-14(16)9-13/h13-14,17H,1-12H2. The molecule has 98 valence electrons. The number of hydrogen-bond acceptors (Lipinski definition) is 2. The van der Waals surface area contributed by atoms with Crippen LogP contribution in [0.1, 0.15) is 57.8 Å². The summed E-state index contributed by atoms with van der Waals surface area (Å²) in [6, 6.07) is 0.867. The topological polar surface area (TPSA) is 23.5 Å². The highest BCUT2D eigenvalue weighted by Crippen LogP contribution is 2.42. The van der Waals surface area contributed by atoms with Crippen molar-refractivity contribution in [3.63, 3.8) is 0 Å². The van der Waals surface area contributed by atoms with Crippen molar-refractivity contribution in [2.24, 2.45) is 11.3 Å². The molecule has 2 saturated carbocycles. The van der Waals surface area contributed by atoms with Crippen molar-refractivity contribution in [2.75, 3.05) is 19.7 Å². The second kappa shape index (κ2) is 4.89. The lowest BCUT2D eigenvalue weighted by atomic mass is 9.80. The highest BCUT2D eigenvalue weighted by atomic mass is 16.3. The number of likely N-dealkylation sites (tertiary alicyclic amines) is 1. The van der Waals surface area contributed by atoms with E-state index in [1.165, 1.54) is 70.9 Å². The van der Waals surface area contributed by atoms with Gasteiger partial charge in [-0.3, -0.25) is 4.90 Å². The highest BCUT2D eigenvalue weighted by Gasteiger charge is 2.42. The third kappa shape index (κ3) is 2.39. The normalized spacial score (nSPS) is 37.2. The van der Waals surface area contributed by atoms with Crippen LogP contribution in [0.25, 0.3) is 0 Å². The van der Waals surface area contributed by atoms with E-state index in [4.69, 9.17) is 0 Å². The van der Waals surface area contributed by atoms with Gasteiger partial charge in [0.2, 0.25) is 0 Å². The Morgan fingerprint density at radius 1 is 1.06 bits per heavy atom. The quantitative estimate of drug-likeness (QED) is 0.763. The summed E-state index contributed by atoms with van der Waals surface area (Å²) in [4.78, 5) is 2.72. The first-order valence-corrected chi connectivity index (χ1v) is 7.66. The lowest BCUT2D eigenvalue weighted by Crippen LogP contribution is -2.43. The van der Waals surface area contributed by atoms with E-state index in [0.29, 0.717) is 6.61 Å². The van der Waals surface area contributed by atoms with E-state index >= 15 is 0 Å². The average molecular weight is 237 g/mol. The van der Waals surface area contributed by atoms with Crippen LogP contribution in [-0.2, 0) is 0 Å². The number of fused-ring (bicyclic) bond motifs is 2. The molecule has 0 aromatic rings. The van der Waals surface area contributed by atoms with Gasteiger partial charge in [0.15, 0.2) is 0 Å². The molecule has 0 amide bonds. The van der Waals surface area contributed by atoms with Gasteiger partial charge in [-0.1, -0.05) is 25.7 Å². The second-order valence-corrected chi connectivity index (χ2v) is 6.83. The van der Waals surface area contributed by atoms with Crippen LogP contribution in [0.4, 0.5) is 0 Å². The van der Waals surface area contributed by atoms with Crippen LogP contribution in [0, 0.1) is 11.3 Å². The molecular formula is C15H27NO. The van der Waals surface area contributed by atoms with Crippen LogP contribution in [-0.4, -0.2) is 35.7 Å². The molecule has 0 spiro atoms. The Labute approximate surface area is 105 Å². The molecular weight excluding hydrogens is 210 g/mol. The molecule has 1 saturated heterocycles. The molecule has 0 aromatic carbocycles. The summed E-state index contributed by atoms with van der Waals surface area (Å²) in [6.07, 6.45) is 12.3. The minimum absolute atomic E-state index is 0.251. The zero-order valence-corrected chi connectivity index (χ0v) is 11.0. The van der Waals surface area contributed by atoms with Gasteiger partial charge in [-0.2, -0.15) is 0 Å². The Morgan fingerprint density at radius 3 is 2.35 bits per heavy atom. The number of hydrogen-bond donors (Lipinski definition) is 1. The van der Waals surface area contributed by atoms with Crippen LogP contribution in [0.3, 0.4) is 0 Å². The summed E-state index contributed by atoms with van der Waals surface area (Å²) in [7, 11) is 0. The molecule has 2 aliphatic carbocycles. The van der Waals surface area contributed by atoms with Crippen LogP contribution >= 0.6 is 0 Å². The largest absolute Gasteiger partial charge is 0.396 e. The first-order chi connectivity index (χ1) is 8.31. The highest BCUT2D eigenvalue weighted by molar-refractivity contribution is 4.95. The molecule has 3 fully saturated rings. The predicted molar refractivity (Wildman–Crippen MR) is 69.9 cm³/mol. The van der Waals surface area contributed by atoms with E-state index in [-0.39, 0.29) is 5.41 Å². The predicted octanol–water partition coefficient (Wildman–Crippen LogP) is 2.80. The number of aliphatic hydroxyl groups is 1. The first kappa shape index (κ1) is 12.0.